The van der Waals surface area contributed by atoms with Crippen molar-refractivity contribution in [3.8, 4) is 0 Å². The Hall–Kier alpha value is -1.92. The molecule has 0 aliphatic rings. The minimum atomic E-state index is -0.360. The first-order chi connectivity index (χ1) is 12.2. The molecule has 6 heteroatoms. The van der Waals surface area contributed by atoms with E-state index in [0.29, 0.717) is 38.4 Å². The molecule has 1 aromatic rings. The molecular formula is C19H28O6. The van der Waals surface area contributed by atoms with Crippen molar-refractivity contribution in [2.75, 3.05) is 39.6 Å². The minimum absolute atomic E-state index is 0.173. The van der Waals surface area contributed by atoms with E-state index in [-0.39, 0.29) is 25.2 Å². The molecule has 25 heavy (non-hydrogen) atoms. The lowest BCUT2D eigenvalue weighted by Gasteiger charge is -2.08. The van der Waals surface area contributed by atoms with E-state index in [1.54, 1.807) is 24.3 Å². The molecule has 0 aliphatic heterocycles. The number of benzene rings is 1. The quantitative estimate of drug-likeness (QED) is 0.379. The van der Waals surface area contributed by atoms with Crippen LogP contribution in [0.5, 0.6) is 0 Å². The van der Waals surface area contributed by atoms with Crippen molar-refractivity contribution < 1.29 is 28.5 Å². The van der Waals surface area contributed by atoms with Crippen molar-refractivity contribution >= 4 is 11.9 Å². The van der Waals surface area contributed by atoms with E-state index in [0.717, 1.165) is 19.3 Å². The van der Waals surface area contributed by atoms with Gasteiger partial charge in [0, 0.05) is 6.42 Å². The Balaban J connectivity index is 1.86. The van der Waals surface area contributed by atoms with Crippen molar-refractivity contribution in [1.82, 2.24) is 0 Å². The first-order valence-electron chi connectivity index (χ1n) is 8.77. The second-order valence-corrected chi connectivity index (χ2v) is 5.40. The molecule has 0 heterocycles. The topological polar surface area (TPSA) is 71.1 Å². The minimum Gasteiger partial charge on any atom is -0.463 e. The fourth-order valence-electron chi connectivity index (χ4n) is 1.98. The lowest BCUT2D eigenvalue weighted by atomic mass is 10.2. The average Bonchev–Trinajstić information content (AvgIpc) is 2.64. The molecule has 1 aromatic carbocycles. The fourth-order valence-corrected chi connectivity index (χ4v) is 1.98. The van der Waals surface area contributed by atoms with Gasteiger partial charge < -0.3 is 18.9 Å². The van der Waals surface area contributed by atoms with Crippen LogP contribution in [-0.4, -0.2) is 51.6 Å². The van der Waals surface area contributed by atoms with Crippen LogP contribution in [0.15, 0.2) is 30.3 Å². The first kappa shape index (κ1) is 21.1. The Morgan fingerprint density at radius 1 is 0.800 bits per heavy atom. The van der Waals surface area contributed by atoms with Crippen molar-refractivity contribution in [1.29, 1.82) is 0 Å². The SMILES string of the molecule is CCCCCC(=O)OCCOCCOCCOC(=O)c1ccccc1. The molecule has 0 aliphatic carbocycles. The second kappa shape index (κ2) is 14.4. The van der Waals surface area contributed by atoms with Crippen LogP contribution in [0.3, 0.4) is 0 Å². The van der Waals surface area contributed by atoms with Crippen LogP contribution in [0, 0.1) is 0 Å². The highest BCUT2D eigenvalue weighted by Gasteiger charge is 2.05. The number of rotatable bonds is 14. The van der Waals surface area contributed by atoms with E-state index in [9.17, 15) is 9.59 Å². The van der Waals surface area contributed by atoms with Gasteiger partial charge in [-0.2, -0.15) is 0 Å². The molecule has 0 amide bonds. The van der Waals surface area contributed by atoms with Crippen LogP contribution < -0.4 is 0 Å². The molecule has 0 bridgehead atoms. The number of carbonyl (C=O) groups is 2. The highest BCUT2D eigenvalue weighted by Crippen LogP contribution is 2.01. The Kier molecular flexibility index (Phi) is 12.2. The first-order valence-corrected chi connectivity index (χ1v) is 8.77. The summed E-state index contributed by atoms with van der Waals surface area (Å²) in [7, 11) is 0. The Morgan fingerprint density at radius 2 is 1.40 bits per heavy atom. The molecule has 0 N–H and O–H groups in total. The molecule has 0 fully saturated rings. The van der Waals surface area contributed by atoms with Gasteiger partial charge in [0.15, 0.2) is 0 Å². The van der Waals surface area contributed by atoms with Crippen molar-refractivity contribution in [3.63, 3.8) is 0 Å². The number of ether oxygens (including phenoxy) is 4. The summed E-state index contributed by atoms with van der Waals surface area (Å²) < 4.78 is 20.7. The van der Waals surface area contributed by atoms with Gasteiger partial charge in [-0.25, -0.2) is 4.79 Å². The predicted octanol–water partition coefficient (Wildman–Crippen LogP) is 3.00. The summed E-state index contributed by atoms with van der Waals surface area (Å²) in [4.78, 5) is 23.0. The van der Waals surface area contributed by atoms with Gasteiger partial charge in [0.1, 0.15) is 13.2 Å². The predicted molar refractivity (Wildman–Crippen MR) is 93.5 cm³/mol. The third kappa shape index (κ3) is 11.3. The average molecular weight is 352 g/mol. The highest BCUT2D eigenvalue weighted by atomic mass is 16.6. The Labute approximate surface area is 149 Å². The number of hydrogen-bond acceptors (Lipinski definition) is 6. The summed E-state index contributed by atoms with van der Waals surface area (Å²) >= 11 is 0. The molecule has 0 radical (unpaired) electrons. The van der Waals surface area contributed by atoms with Gasteiger partial charge in [-0.1, -0.05) is 38.0 Å². The molecule has 6 nitrogen and oxygen atoms in total. The second-order valence-electron chi connectivity index (χ2n) is 5.40. The standard InChI is InChI=1S/C19H28O6/c1-2-3-5-10-18(20)24-15-13-22-11-12-23-14-16-25-19(21)17-8-6-4-7-9-17/h4,6-9H,2-3,5,10-16H2,1H3. The summed E-state index contributed by atoms with van der Waals surface area (Å²) in [5.41, 5.74) is 0.523. The summed E-state index contributed by atoms with van der Waals surface area (Å²) in [6.45, 7) is 4.02. The monoisotopic (exact) mass is 352 g/mol. The van der Waals surface area contributed by atoms with Crippen LogP contribution in [0.4, 0.5) is 0 Å². The number of unbranched alkanes of at least 4 members (excludes halogenated alkanes) is 2. The third-order valence-corrected chi connectivity index (χ3v) is 3.32. The van der Waals surface area contributed by atoms with Gasteiger partial charge in [-0.15, -0.1) is 0 Å². The maximum absolute atomic E-state index is 11.6. The van der Waals surface area contributed by atoms with E-state index >= 15 is 0 Å². The summed E-state index contributed by atoms with van der Waals surface area (Å²) in [5, 5.41) is 0. The van der Waals surface area contributed by atoms with Gasteiger partial charge >= 0.3 is 11.9 Å². The van der Waals surface area contributed by atoms with E-state index in [1.807, 2.05) is 6.07 Å². The summed E-state index contributed by atoms with van der Waals surface area (Å²) in [5.74, 6) is -0.533. The smallest absolute Gasteiger partial charge is 0.338 e. The van der Waals surface area contributed by atoms with Crippen LogP contribution in [0.25, 0.3) is 0 Å². The normalized spacial score (nSPS) is 10.4. The van der Waals surface area contributed by atoms with Crippen LogP contribution in [-0.2, 0) is 23.7 Å². The molecule has 0 saturated carbocycles. The van der Waals surface area contributed by atoms with Crippen LogP contribution >= 0.6 is 0 Å². The van der Waals surface area contributed by atoms with E-state index in [2.05, 4.69) is 6.92 Å². The number of hydrogen-bond donors (Lipinski definition) is 0. The lowest BCUT2D eigenvalue weighted by Crippen LogP contribution is -2.15. The third-order valence-electron chi connectivity index (χ3n) is 3.32. The highest BCUT2D eigenvalue weighted by molar-refractivity contribution is 5.89. The molecule has 0 aromatic heterocycles. The summed E-state index contributed by atoms with van der Waals surface area (Å²) in [6.07, 6.45) is 3.48. The lowest BCUT2D eigenvalue weighted by molar-refractivity contribution is -0.145. The maximum atomic E-state index is 11.6. The van der Waals surface area contributed by atoms with E-state index < -0.39 is 0 Å². The van der Waals surface area contributed by atoms with Crippen molar-refractivity contribution in [3.05, 3.63) is 35.9 Å². The fraction of sp³-hybridized carbons (Fsp3) is 0.579. The Morgan fingerprint density at radius 3 is 2.04 bits per heavy atom. The largest absolute Gasteiger partial charge is 0.463 e. The summed E-state index contributed by atoms with van der Waals surface area (Å²) in [6, 6.07) is 8.81. The number of esters is 2. The van der Waals surface area contributed by atoms with Gasteiger partial charge in [0.2, 0.25) is 0 Å². The Bertz CT molecular complexity index is 474. The van der Waals surface area contributed by atoms with Crippen molar-refractivity contribution in [2.24, 2.45) is 0 Å². The van der Waals surface area contributed by atoms with Crippen LogP contribution in [0.2, 0.25) is 0 Å². The molecular weight excluding hydrogens is 324 g/mol. The zero-order valence-corrected chi connectivity index (χ0v) is 14.9. The van der Waals surface area contributed by atoms with Crippen molar-refractivity contribution in [2.45, 2.75) is 32.6 Å². The molecule has 0 saturated heterocycles. The van der Waals surface area contributed by atoms with E-state index in [1.165, 1.54) is 0 Å². The van der Waals surface area contributed by atoms with Crippen LogP contribution in [0.1, 0.15) is 43.0 Å². The molecule has 140 valence electrons. The zero-order chi connectivity index (χ0) is 18.2. The van der Waals surface area contributed by atoms with Gasteiger partial charge in [0.25, 0.3) is 0 Å². The molecule has 0 spiro atoms. The molecule has 1 rings (SSSR count). The molecule has 0 unspecified atom stereocenters. The van der Waals surface area contributed by atoms with Gasteiger partial charge in [-0.3, -0.25) is 4.79 Å². The van der Waals surface area contributed by atoms with E-state index in [4.69, 9.17) is 18.9 Å². The number of carbonyl (C=O) groups excluding carboxylic acids is 2. The maximum Gasteiger partial charge on any atom is 0.338 e. The van der Waals surface area contributed by atoms with Gasteiger partial charge in [-0.05, 0) is 18.6 Å². The molecule has 0 atom stereocenters. The zero-order valence-electron chi connectivity index (χ0n) is 14.9. The van der Waals surface area contributed by atoms with Gasteiger partial charge in [0.05, 0.1) is 32.0 Å².